The van der Waals surface area contributed by atoms with Crippen molar-refractivity contribution in [3.63, 3.8) is 0 Å². The van der Waals surface area contributed by atoms with Crippen molar-refractivity contribution in [2.45, 2.75) is 73.1 Å². The van der Waals surface area contributed by atoms with Crippen molar-refractivity contribution in [1.29, 1.82) is 0 Å². The molecule has 0 saturated carbocycles. The van der Waals surface area contributed by atoms with Gasteiger partial charge in [0.1, 0.15) is 5.56 Å². The molecular weight excluding hydrogens is 394 g/mol. The number of anilines is 1. The molecule has 0 aliphatic rings. The molecule has 1 aromatic heterocycles. The highest BCUT2D eigenvalue weighted by Gasteiger charge is 2.24. The lowest BCUT2D eigenvalue weighted by Crippen LogP contribution is -2.31. The number of carbonyl (C=O) groups is 1. The fraction of sp³-hybridized carbons (Fsp3) is 0.500. The zero-order valence-corrected chi connectivity index (χ0v) is 19.4. The summed E-state index contributed by atoms with van der Waals surface area (Å²) in [6.07, 6.45) is 4.06. The summed E-state index contributed by atoms with van der Waals surface area (Å²) in [5.74, 6) is -0.445. The predicted octanol–water partition coefficient (Wildman–Crippen LogP) is 4.88. The number of unbranched alkanes of at least 4 members (excludes halogenated alkanes) is 1. The zero-order valence-electron chi connectivity index (χ0n) is 19.4. The average Bonchev–Trinajstić information content (AvgIpc) is 2.75. The van der Waals surface area contributed by atoms with Crippen molar-refractivity contribution in [1.82, 2.24) is 4.57 Å². The molecule has 1 amide bonds. The van der Waals surface area contributed by atoms with Crippen LogP contribution < -0.4 is 10.7 Å². The van der Waals surface area contributed by atoms with Gasteiger partial charge in [-0.05, 0) is 50.2 Å². The maximum absolute atomic E-state index is 13.4. The molecule has 31 heavy (non-hydrogen) atoms. The number of nitro benzene ring substituents is 1. The highest BCUT2D eigenvalue weighted by atomic mass is 16.6. The smallest absolute Gasteiger partial charge is 0.270 e. The lowest BCUT2D eigenvalue weighted by molar-refractivity contribution is -0.385. The lowest BCUT2D eigenvalue weighted by atomic mass is 9.98. The van der Waals surface area contributed by atoms with E-state index in [4.69, 9.17) is 0 Å². The predicted molar refractivity (Wildman–Crippen MR) is 124 cm³/mol. The van der Waals surface area contributed by atoms with Crippen LogP contribution in [0.1, 0.15) is 79.0 Å². The fourth-order valence-electron chi connectivity index (χ4n) is 4.06. The summed E-state index contributed by atoms with van der Waals surface area (Å²) in [5, 5.41) is 14.2. The molecule has 168 valence electrons. The Morgan fingerprint density at radius 2 is 1.68 bits per heavy atom. The SMILES string of the molecule is CCCCc1c(C(=O)Nc2c(CC)cc([N+](=O)[O-])cc2CC)c(=O)c(CC)c(C)n1C. The van der Waals surface area contributed by atoms with Gasteiger partial charge in [-0.1, -0.05) is 34.1 Å². The van der Waals surface area contributed by atoms with E-state index in [1.54, 1.807) is 0 Å². The van der Waals surface area contributed by atoms with E-state index in [2.05, 4.69) is 12.2 Å². The normalized spacial score (nSPS) is 10.9. The Bertz CT molecular complexity index is 1030. The molecule has 0 saturated heterocycles. The molecule has 2 rings (SSSR count). The average molecular weight is 428 g/mol. The summed E-state index contributed by atoms with van der Waals surface area (Å²) in [7, 11) is 1.90. The van der Waals surface area contributed by atoms with E-state index in [1.807, 2.05) is 39.3 Å². The van der Waals surface area contributed by atoms with Gasteiger partial charge >= 0.3 is 0 Å². The van der Waals surface area contributed by atoms with Crippen LogP contribution in [0.25, 0.3) is 0 Å². The molecule has 0 aliphatic heterocycles. The molecule has 0 fully saturated rings. The fourth-order valence-corrected chi connectivity index (χ4v) is 4.06. The molecule has 7 nitrogen and oxygen atoms in total. The van der Waals surface area contributed by atoms with Crippen LogP contribution in [0.15, 0.2) is 16.9 Å². The van der Waals surface area contributed by atoms with Crippen LogP contribution in [-0.4, -0.2) is 15.4 Å². The standard InChI is InChI=1S/C24H33N3O4/c1-7-11-12-20-21(23(28)19(10-4)15(5)26(20)6)24(29)25-22-16(8-2)13-18(27(30)31)14-17(22)9-3/h13-14H,7-12H2,1-6H3,(H,25,29). The quantitative estimate of drug-likeness (QED) is 0.456. The minimum Gasteiger partial charge on any atom is -0.351 e. The third-order valence-corrected chi connectivity index (χ3v) is 5.98. The van der Waals surface area contributed by atoms with Crippen molar-refractivity contribution in [3.05, 3.63) is 66.1 Å². The van der Waals surface area contributed by atoms with Crippen molar-refractivity contribution < 1.29 is 9.72 Å². The van der Waals surface area contributed by atoms with Crippen LogP contribution in [0, 0.1) is 17.0 Å². The minimum atomic E-state index is -0.445. The number of carbonyl (C=O) groups excluding carboxylic acids is 1. The molecule has 1 aromatic carbocycles. The first-order valence-corrected chi connectivity index (χ1v) is 11.0. The molecule has 1 heterocycles. The second kappa shape index (κ2) is 10.4. The number of hydrogen-bond acceptors (Lipinski definition) is 4. The van der Waals surface area contributed by atoms with Gasteiger partial charge in [-0.15, -0.1) is 0 Å². The van der Waals surface area contributed by atoms with E-state index in [1.165, 1.54) is 12.1 Å². The maximum Gasteiger partial charge on any atom is 0.270 e. The Labute approximate surface area is 183 Å². The summed E-state index contributed by atoms with van der Waals surface area (Å²) < 4.78 is 1.96. The number of pyridine rings is 1. The molecule has 0 unspecified atom stereocenters. The van der Waals surface area contributed by atoms with Crippen molar-refractivity contribution in [2.75, 3.05) is 5.32 Å². The van der Waals surface area contributed by atoms with Crippen LogP contribution in [0.4, 0.5) is 11.4 Å². The van der Waals surface area contributed by atoms with E-state index >= 15 is 0 Å². The second-order valence-corrected chi connectivity index (χ2v) is 7.79. The first-order chi connectivity index (χ1) is 14.7. The van der Waals surface area contributed by atoms with Gasteiger partial charge in [-0.2, -0.15) is 0 Å². The first kappa shape index (κ1) is 24.3. The van der Waals surface area contributed by atoms with Gasteiger partial charge in [0.05, 0.1) is 4.92 Å². The molecule has 0 bridgehead atoms. The maximum atomic E-state index is 13.4. The summed E-state index contributed by atoms with van der Waals surface area (Å²) in [6.45, 7) is 9.68. The lowest BCUT2D eigenvalue weighted by Gasteiger charge is -2.20. The van der Waals surface area contributed by atoms with Crippen LogP contribution >= 0.6 is 0 Å². The second-order valence-electron chi connectivity index (χ2n) is 7.79. The summed E-state index contributed by atoms with van der Waals surface area (Å²) in [6, 6.07) is 3.00. The Kier molecular flexibility index (Phi) is 8.14. The van der Waals surface area contributed by atoms with Crippen molar-refractivity contribution in [3.8, 4) is 0 Å². The van der Waals surface area contributed by atoms with Crippen LogP contribution in [0.3, 0.4) is 0 Å². The third-order valence-electron chi connectivity index (χ3n) is 5.98. The summed E-state index contributed by atoms with van der Waals surface area (Å²) in [5.41, 5.74) is 4.18. The van der Waals surface area contributed by atoms with Crippen molar-refractivity contribution in [2.24, 2.45) is 7.05 Å². The zero-order chi connectivity index (χ0) is 23.3. The Morgan fingerprint density at radius 1 is 1.10 bits per heavy atom. The Morgan fingerprint density at radius 3 is 2.13 bits per heavy atom. The number of aryl methyl sites for hydroxylation is 2. The number of amides is 1. The van der Waals surface area contributed by atoms with Crippen LogP contribution in [0.5, 0.6) is 0 Å². The Hall–Kier alpha value is -2.96. The van der Waals surface area contributed by atoms with E-state index < -0.39 is 10.8 Å². The molecular formula is C24H33N3O4. The number of nitrogens with one attached hydrogen (secondary N) is 1. The minimum absolute atomic E-state index is 0.00912. The van der Waals surface area contributed by atoms with Gasteiger partial charge in [0.2, 0.25) is 0 Å². The monoisotopic (exact) mass is 427 g/mol. The molecule has 7 heteroatoms. The molecule has 0 radical (unpaired) electrons. The number of rotatable bonds is 9. The van der Waals surface area contributed by atoms with E-state index in [-0.39, 0.29) is 16.7 Å². The molecule has 0 atom stereocenters. The highest BCUT2D eigenvalue weighted by Crippen LogP contribution is 2.29. The summed E-state index contributed by atoms with van der Waals surface area (Å²) in [4.78, 5) is 37.6. The van der Waals surface area contributed by atoms with E-state index in [0.717, 1.165) is 24.2 Å². The van der Waals surface area contributed by atoms with Gasteiger partial charge in [0.15, 0.2) is 5.43 Å². The number of non-ortho nitro benzene ring substituents is 1. The highest BCUT2D eigenvalue weighted by molar-refractivity contribution is 6.06. The Balaban J connectivity index is 2.67. The largest absolute Gasteiger partial charge is 0.351 e. The number of nitrogens with zero attached hydrogens (tertiary/aromatic N) is 2. The topological polar surface area (TPSA) is 94.2 Å². The van der Waals surface area contributed by atoms with Gasteiger partial charge in [-0.3, -0.25) is 19.7 Å². The van der Waals surface area contributed by atoms with Gasteiger partial charge in [0, 0.05) is 41.8 Å². The summed E-state index contributed by atoms with van der Waals surface area (Å²) >= 11 is 0. The van der Waals surface area contributed by atoms with Gasteiger partial charge < -0.3 is 9.88 Å². The molecule has 0 aliphatic carbocycles. The van der Waals surface area contributed by atoms with E-state index in [9.17, 15) is 19.7 Å². The number of nitro groups is 1. The first-order valence-electron chi connectivity index (χ1n) is 11.0. The van der Waals surface area contributed by atoms with Crippen LogP contribution in [0.2, 0.25) is 0 Å². The van der Waals surface area contributed by atoms with Gasteiger partial charge in [-0.25, -0.2) is 0 Å². The molecule has 1 N–H and O–H groups in total. The number of aromatic nitrogens is 1. The number of benzene rings is 1. The molecule has 0 spiro atoms. The van der Waals surface area contributed by atoms with Crippen molar-refractivity contribution >= 4 is 17.3 Å². The third kappa shape index (κ3) is 4.86. The van der Waals surface area contributed by atoms with E-state index in [0.29, 0.717) is 48.1 Å². The van der Waals surface area contributed by atoms with Gasteiger partial charge in [0.25, 0.3) is 11.6 Å². The van der Waals surface area contributed by atoms with Crippen LogP contribution in [-0.2, 0) is 32.7 Å². The number of hydrogen-bond donors (Lipinski definition) is 1. The molecule has 2 aromatic rings.